The Labute approximate surface area is 320 Å². The van der Waals surface area contributed by atoms with E-state index in [9.17, 15) is 14.4 Å². The van der Waals surface area contributed by atoms with Gasteiger partial charge in [0.15, 0.2) is 5.13 Å². The molecule has 0 spiro atoms. The molecule has 0 fully saturated rings. The highest BCUT2D eigenvalue weighted by molar-refractivity contribution is 8.00. The van der Waals surface area contributed by atoms with Crippen LogP contribution in [0.4, 0.5) is 10.8 Å². The van der Waals surface area contributed by atoms with Gasteiger partial charge in [0.2, 0.25) is 5.91 Å². The van der Waals surface area contributed by atoms with Gasteiger partial charge in [-0.1, -0.05) is 115 Å². The normalized spacial score (nSPS) is 11.8. The van der Waals surface area contributed by atoms with Gasteiger partial charge in [-0.3, -0.25) is 14.4 Å². The highest BCUT2D eigenvalue weighted by atomic mass is 35.5. The number of nitrogens with one attached hydrogen (secondary N) is 3. The quantitative estimate of drug-likeness (QED) is 0.0851. The highest BCUT2D eigenvalue weighted by Gasteiger charge is 2.21. The van der Waals surface area contributed by atoms with E-state index in [1.54, 1.807) is 60.7 Å². The minimum absolute atomic E-state index is 0.0777. The Hall–Kier alpha value is -5.19. The first-order valence-corrected chi connectivity index (χ1v) is 18.8. The standard InChI is InChI=1S/C41H32Cl2N4O3S2/c1-2-37(40(50)47-41-46-36(25-51-41)30-20-21-33(42)34(43)23-30)52-32-15-9-14-31(24-32)44-39(49)35(45-38(48)29-12-7-4-8-13-29)22-26-16-18-28(19-17-26)27-10-5-3-6-11-27/h3-25,37H,2H2,1H3,(H,44,49)(H,45,48)(H,46,47,50)/b35-22+. The first kappa shape index (κ1) is 36.6. The Morgan fingerprint density at radius 1 is 0.769 bits per heavy atom. The van der Waals surface area contributed by atoms with Gasteiger partial charge in [-0.2, -0.15) is 0 Å². The number of halogens is 2. The molecule has 1 heterocycles. The summed E-state index contributed by atoms with van der Waals surface area (Å²) in [5.41, 5.74) is 5.33. The fraction of sp³-hybridized carbons (Fsp3) is 0.0732. The van der Waals surface area contributed by atoms with E-state index in [1.807, 2.05) is 85.1 Å². The van der Waals surface area contributed by atoms with E-state index >= 15 is 0 Å². The lowest BCUT2D eigenvalue weighted by atomic mass is 10.0. The van der Waals surface area contributed by atoms with Crippen LogP contribution in [0.25, 0.3) is 28.5 Å². The van der Waals surface area contributed by atoms with Crippen LogP contribution in [0.15, 0.2) is 143 Å². The molecule has 6 aromatic rings. The predicted octanol–water partition coefficient (Wildman–Crippen LogP) is 10.7. The van der Waals surface area contributed by atoms with Crippen molar-refractivity contribution >= 4 is 80.9 Å². The molecule has 1 atom stereocenters. The predicted molar refractivity (Wildman–Crippen MR) is 215 cm³/mol. The third-order valence-electron chi connectivity index (χ3n) is 7.84. The largest absolute Gasteiger partial charge is 0.321 e. The van der Waals surface area contributed by atoms with Gasteiger partial charge in [0.05, 0.1) is 21.0 Å². The molecular formula is C41H32Cl2N4O3S2. The van der Waals surface area contributed by atoms with Crippen LogP contribution in [0.3, 0.4) is 0 Å². The van der Waals surface area contributed by atoms with Gasteiger partial charge in [-0.15, -0.1) is 23.1 Å². The fourth-order valence-electron chi connectivity index (χ4n) is 5.15. The number of benzene rings is 5. The van der Waals surface area contributed by atoms with Crippen LogP contribution in [0.1, 0.15) is 29.3 Å². The fourth-order valence-corrected chi connectivity index (χ4v) is 7.18. The molecule has 52 heavy (non-hydrogen) atoms. The number of thiazole rings is 1. The van der Waals surface area contributed by atoms with Crippen LogP contribution in [-0.4, -0.2) is 28.0 Å². The average molecular weight is 764 g/mol. The molecular weight excluding hydrogens is 732 g/mol. The molecule has 0 aliphatic rings. The molecule has 0 radical (unpaired) electrons. The van der Waals surface area contributed by atoms with Crippen molar-refractivity contribution in [3.63, 3.8) is 0 Å². The zero-order valence-electron chi connectivity index (χ0n) is 27.8. The molecule has 6 rings (SSSR count). The maximum Gasteiger partial charge on any atom is 0.272 e. The molecule has 5 aromatic carbocycles. The minimum atomic E-state index is -0.495. The zero-order valence-corrected chi connectivity index (χ0v) is 31.0. The lowest BCUT2D eigenvalue weighted by molar-refractivity contribution is -0.116. The molecule has 0 bridgehead atoms. The summed E-state index contributed by atoms with van der Waals surface area (Å²) < 4.78 is 0. The number of carbonyl (C=O) groups excluding carboxylic acids is 3. The van der Waals surface area contributed by atoms with E-state index in [-0.39, 0.29) is 11.6 Å². The molecule has 3 amide bonds. The number of hydrogen-bond donors (Lipinski definition) is 3. The summed E-state index contributed by atoms with van der Waals surface area (Å²) in [4.78, 5) is 45.5. The molecule has 3 N–H and O–H groups in total. The number of carbonyl (C=O) groups is 3. The van der Waals surface area contributed by atoms with E-state index in [0.717, 1.165) is 27.1 Å². The van der Waals surface area contributed by atoms with E-state index in [2.05, 4.69) is 20.9 Å². The van der Waals surface area contributed by atoms with Crippen molar-refractivity contribution in [2.75, 3.05) is 10.6 Å². The monoisotopic (exact) mass is 762 g/mol. The second kappa shape index (κ2) is 17.4. The molecule has 0 aliphatic heterocycles. The molecule has 7 nitrogen and oxygen atoms in total. The summed E-state index contributed by atoms with van der Waals surface area (Å²) in [7, 11) is 0. The summed E-state index contributed by atoms with van der Waals surface area (Å²) in [6.45, 7) is 1.94. The third kappa shape index (κ3) is 9.57. The van der Waals surface area contributed by atoms with Crippen LogP contribution >= 0.6 is 46.3 Å². The Bertz CT molecular complexity index is 2230. The number of nitrogens with zero attached hydrogens (tertiary/aromatic N) is 1. The number of hydrogen-bond acceptors (Lipinski definition) is 6. The van der Waals surface area contributed by atoms with Gasteiger partial charge in [0, 0.05) is 27.1 Å². The van der Waals surface area contributed by atoms with Crippen LogP contribution in [0.5, 0.6) is 0 Å². The maximum atomic E-state index is 13.7. The van der Waals surface area contributed by atoms with Gasteiger partial charge < -0.3 is 16.0 Å². The molecule has 1 aromatic heterocycles. The van der Waals surface area contributed by atoms with Crippen molar-refractivity contribution in [2.24, 2.45) is 0 Å². The van der Waals surface area contributed by atoms with E-state index in [0.29, 0.717) is 38.5 Å². The van der Waals surface area contributed by atoms with E-state index in [4.69, 9.17) is 23.2 Å². The Kier molecular flexibility index (Phi) is 12.2. The zero-order chi connectivity index (χ0) is 36.5. The number of rotatable bonds is 12. The van der Waals surface area contributed by atoms with Crippen molar-refractivity contribution in [3.05, 3.63) is 160 Å². The van der Waals surface area contributed by atoms with Crippen LogP contribution in [0.2, 0.25) is 10.0 Å². The smallest absolute Gasteiger partial charge is 0.272 e. The molecule has 0 saturated heterocycles. The third-order valence-corrected chi connectivity index (χ3v) is 10.7. The van der Waals surface area contributed by atoms with Gasteiger partial charge in [0.25, 0.3) is 11.8 Å². The lowest BCUT2D eigenvalue weighted by Crippen LogP contribution is -2.30. The summed E-state index contributed by atoms with van der Waals surface area (Å²) >= 11 is 14.9. The second-order valence-corrected chi connectivity index (χ2v) is 14.5. The van der Waals surface area contributed by atoms with Crippen molar-refractivity contribution in [3.8, 4) is 22.4 Å². The van der Waals surface area contributed by atoms with Crippen molar-refractivity contribution in [2.45, 2.75) is 23.5 Å². The Balaban J connectivity index is 1.15. The van der Waals surface area contributed by atoms with Gasteiger partial charge in [-0.25, -0.2) is 4.98 Å². The summed E-state index contributed by atoms with van der Waals surface area (Å²) in [6.07, 6.45) is 2.20. The first-order chi connectivity index (χ1) is 25.2. The number of thioether (sulfide) groups is 1. The summed E-state index contributed by atoms with van der Waals surface area (Å²) in [6, 6.07) is 39.0. The number of aromatic nitrogens is 1. The van der Waals surface area contributed by atoms with E-state index < -0.39 is 17.1 Å². The maximum absolute atomic E-state index is 13.7. The van der Waals surface area contributed by atoms with Gasteiger partial charge >= 0.3 is 0 Å². The molecule has 0 saturated carbocycles. The molecule has 260 valence electrons. The summed E-state index contributed by atoms with van der Waals surface area (Å²) in [5.74, 6) is -1.10. The Morgan fingerprint density at radius 2 is 1.46 bits per heavy atom. The van der Waals surface area contributed by atoms with Crippen LogP contribution in [-0.2, 0) is 9.59 Å². The van der Waals surface area contributed by atoms with Crippen LogP contribution in [0, 0.1) is 0 Å². The number of anilines is 2. The van der Waals surface area contributed by atoms with Crippen molar-refractivity contribution in [1.82, 2.24) is 10.3 Å². The van der Waals surface area contributed by atoms with Gasteiger partial charge in [0.1, 0.15) is 5.70 Å². The summed E-state index contributed by atoms with van der Waals surface area (Å²) in [5, 5.41) is 11.4. The molecule has 0 aliphatic carbocycles. The molecule has 11 heteroatoms. The lowest BCUT2D eigenvalue weighted by Gasteiger charge is -2.15. The topological polar surface area (TPSA) is 100 Å². The van der Waals surface area contributed by atoms with Crippen LogP contribution < -0.4 is 16.0 Å². The molecule has 1 unspecified atom stereocenters. The second-order valence-electron chi connectivity index (χ2n) is 11.5. The number of amides is 3. The average Bonchev–Trinajstić information content (AvgIpc) is 3.64. The van der Waals surface area contributed by atoms with Crippen molar-refractivity contribution < 1.29 is 14.4 Å². The first-order valence-electron chi connectivity index (χ1n) is 16.3. The SMILES string of the molecule is CCC(Sc1cccc(NC(=O)/C(=C\c2ccc(-c3ccccc3)cc2)NC(=O)c2ccccc2)c1)C(=O)Nc1nc(-c2ccc(Cl)c(Cl)c2)cs1. The van der Waals surface area contributed by atoms with E-state index in [1.165, 1.54) is 23.1 Å². The van der Waals surface area contributed by atoms with Gasteiger partial charge in [-0.05, 0) is 71.7 Å². The Morgan fingerprint density at radius 3 is 2.17 bits per heavy atom. The van der Waals surface area contributed by atoms with Crippen molar-refractivity contribution in [1.29, 1.82) is 0 Å². The minimum Gasteiger partial charge on any atom is -0.321 e. The highest BCUT2D eigenvalue weighted by Crippen LogP contribution is 2.32.